The molecule has 0 saturated carbocycles. The molecule has 110 valence electrons. The predicted octanol–water partition coefficient (Wildman–Crippen LogP) is 3.23. The zero-order valence-corrected chi connectivity index (χ0v) is 12.6. The number of hydrogen-bond acceptors (Lipinski definition) is 3. The molecule has 2 aliphatic heterocycles. The van der Waals surface area contributed by atoms with Gasteiger partial charge in [-0.1, -0.05) is 19.1 Å². The number of benzene rings is 1. The topological polar surface area (TPSA) is 30.5 Å². The molecule has 2 unspecified atom stereocenters. The van der Waals surface area contributed by atoms with Crippen molar-refractivity contribution in [1.29, 1.82) is 0 Å². The van der Waals surface area contributed by atoms with Gasteiger partial charge in [0.05, 0.1) is 18.2 Å². The Morgan fingerprint density at radius 2 is 2.20 bits per heavy atom. The van der Waals surface area contributed by atoms with Crippen LogP contribution in [0.15, 0.2) is 18.2 Å². The molecule has 2 heterocycles. The lowest BCUT2D eigenvalue weighted by Gasteiger charge is -2.41. The number of fused-ring (bicyclic) bond motifs is 1. The Morgan fingerprint density at radius 3 is 2.95 bits per heavy atom. The molecule has 2 atom stereocenters. The minimum absolute atomic E-state index is 0.0953. The summed E-state index contributed by atoms with van der Waals surface area (Å²) < 4.78 is 11.8. The van der Waals surface area contributed by atoms with E-state index in [1.165, 1.54) is 24.0 Å². The molecule has 0 amide bonds. The Hall–Kier alpha value is -1.06. The van der Waals surface area contributed by atoms with Crippen LogP contribution in [0.1, 0.15) is 50.3 Å². The average molecular weight is 275 g/mol. The fourth-order valence-corrected chi connectivity index (χ4v) is 3.46. The molecular weight excluding hydrogens is 250 g/mol. The molecule has 1 aromatic carbocycles. The van der Waals surface area contributed by atoms with Crippen LogP contribution in [0.4, 0.5) is 0 Å². The lowest BCUT2D eigenvalue weighted by atomic mass is 9.83. The Kier molecular flexibility index (Phi) is 3.99. The van der Waals surface area contributed by atoms with E-state index in [1.807, 2.05) is 0 Å². The quantitative estimate of drug-likeness (QED) is 0.915. The molecule has 20 heavy (non-hydrogen) atoms. The van der Waals surface area contributed by atoms with Gasteiger partial charge in [0.15, 0.2) is 0 Å². The summed E-state index contributed by atoms with van der Waals surface area (Å²) in [5.41, 5.74) is 2.58. The number of hydrogen-bond donors (Lipinski definition) is 1. The number of likely N-dealkylation sites (N-methyl/N-ethyl adjacent to an activating group) is 1. The summed E-state index contributed by atoms with van der Waals surface area (Å²) in [5.74, 6) is 1.05. The van der Waals surface area contributed by atoms with Gasteiger partial charge in [0.2, 0.25) is 0 Å². The van der Waals surface area contributed by atoms with E-state index in [9.17, 15) is 0 Å². The van der Waals surface area contributed by atoms with Crippen LogP contribution < -0.4 is 10.1 Å². The highest BCUT2D eigenvalue weighted by Crippen LogP contribution is 2.38. The molecule has 3 nitrogen and oxygen atoms in total. The first-order valence-corrected chi connectivity index (χ1v) is 7.86. The number of nitrogens with one attached hydrogen (secondary N) is 1. The number of ether oxygens (including phenoxy) is 2. The Labute approximate surface area is 121 Å². The zero-order chi connectivity index (χ0) is 14.0. The van der Waals surface area contributed by atoms with Crippen LogP contribution in [0.5, 0.6) is 5.75 Å². The SMILES string of the molecule is CCNC(c1ccc2c(c1)CCO2)C1(C)CCCCO1. The molecular formula is C17H25NO2. The van der Waals surface area contributed by atoms with Gasteiger partial charge in [-0.3, -0.25) is 0 Å². The highest BCUT2D eigenvalue weighted by atomic mass is 16.5. The van der Waals surface area contributed by atoms with Crippen LogP contribution in [0.3, 0.4) is 0 Å². The van der Waals surface area contributed by atoms with Crippen molar-refractivity contribution >= 4 is 0 Å². The van der Waals surface area contributed by atoms with Crippen LogP contribution in [0, 0.1) is 0 Å². The van der Waals surface area contributed by atoms with E-state index in [4.69, 9.17) is 9.47 Å². The maximum Gasteiger partial charge on any atom is 0.122 e. The van der Waals surface area contributed by atoms with E-state index in [-0.39, 0.29) is 11.6 Å². The monoisotopic (exact) mass is 275 g/mol. The van der Waals surface area contributed by atoms with Gasteiger partial charge < -0.3 is 14.8 Å². The lowest BCUT2D eigenvalue weighted by Crippen LogP contribution is -2.45. The largest absolute Gasteiger partial charge is 0.493 e. The van der Waals surface area contributed by atoms with Crippen LogP contribution in [0.25, 0.3) is 0 Å². The second-order valence-corrected chi connectivity index (χ2v) is 6.07. The van der Waals surface area contributed by atoms with Gasteiger partial charge in [0, 0.05) is 13.0 Å². The van der Waals surface area contributed by atoms with E-state index in [2.05, 4.69) is 37.4 Å². The van der Waals surface area contributed by atoms with Gasteiger partial charge in [-0.25, -0.2) is 0 Å². The highest BCUT2D eigenvalue weighted by molar-refractivity contribution is 5.41. The minimum atomic E-state index is -0.0953. The summed E-state index contributed by atoms with van der Waals surface area (Å²) in [7, 11) is 0. The standard InChI is InChI=1S/C17H25NO2/c1-3-18-16(17(2)9-4-5-10-20-17)14-6-7-15-13(12-14)8-11-19-15/h6-7,12,16,18H,3-5,8-11H2,1-2H3. The Morgan fingerprint density at radius 1 is 1.30 bits per heavy atom. The molecule has 0 bridgehead atoms. The van der Waals surface area contributed by atoms with E-state index in [1.54, 1.807) is 0 Å². The molecule has 1 saturated heterocycles. The molecule has 0 radical (unpaired) electrons. The van der Waals surface area contributed by atoms with Gasteiger partial charge in [-0.15, -0.1) is 0 Å². The third-order valence-corrected chi connectivity index (χ3v) is 4.57. The second kappa shape index (κ2) is 5.74. The van der Waals surface area contributed by atoms with E-state index >= 15 is 0 Å². The van der Waals surface area contributed by atoms with E-state index < -0.39 is 0 Å². The summed E-state index contributed by atoms with van der Waals surface area (Å²) in [6, 6.07) is 6.88. The second-order valence-electron chi connectivity index (χ2n) is 6.07. The Bertz CT molecular complexity index is 466. The van der Waals surface area contributed by atoms with Gasteiger partial charge >= 0.3 is 0 Å². The predicted molar refractivity (Wildman–Crippen MR) is 80.3 cm³/mol. The maximum atomic E-state index is 6.16. The molecule has 1 aromatic rings. The molecule has 1 N–H and O–H groups in total. The fourth-order valence-electron chi connectivity index (χ4n) is 3.46. The van der Waals surface area contributed by atoms with Crippen molar-refractivity contribution in [2.75, 3.05) is 19.8 Å². The summed E-state index contributed by atoms with van der Waals surface area (Å²) >= 11 is 0. The summed E-state index contributed by atoms with van der Waals surface area (Å²) in [5, 5.41) is 3.63. The molecule has 3 rings (SSSR count). The molecule has 0 spiro atoms. The van der Waals surface area contributed by atoms with Crippen LogP contribution in [0.2, 0.25) is 0 Å². The van der Waals surface area contributed by atoms with Crippen LogP contribution in [-0.4, -0.2) is 25.4 Å². The van der Waals surface area contributed by atoms with Crippen molar-refractivity contribution in [2.45, 2.75) is 51.2 Å². The van der Waals surface area contributed by atoms with Crippen LogP contribution in [-0.2, 0) is 11.2 Å². The highest BCUT2D eigenvalue weighted by Gasteiger charge is 2.37. The minimum Gasteiger partial charge on any atom is -0.493 e. The first kappa shape index (κ1) is 13.9. The fraction of sp³-hybridized carbons (Fsp3) is 0.647. The first-order valence-electron chi connectivity index (χ1n) is 7.86. The molecule has 3 heteroatoms. The molecule has 2 aliphatic rings. The zero-order valence-electron chi connectivity index (χ0n) is 12.6. The third kappa shape index (κ3) is 2.57. The molecule has 0 aliphatic carbocycles. The Balaban J connectivity index is 1.89. The van der Waals surface area contributed by atoms with Crippen molar-refractivity contribution in [3.63, 3.8) is 0 Å². The first-order chi connectivity index (χ1) is 9.73. The van der Waals surface area contributed by atoms with Crippen LogP contribution >= 0.6 is 0 Å². The molecule has 1 fully saturated rings. The van der Waals surface area contributed by atoms with Crippen molar-refractivity contribution < 1.29 is 9.47 Å². The summed E-state index contributed by atoms with van der Waals surface area (Å²) in [4.78, 5) is 0. The van der Waals surface area contributed by atoms with Gasteiger partial charge in [-0.2, -0.15) is 0 Å². The van der Waals surface area contributed by atoms with Gasteiger partial charge in [-0.05, 0) is 49.9 Å². The summed E-state index contributed by atoms with van der Waals surface area (Å²) in [6.45, 7) is 7.07. The van der Waals surface area contributed by atoms with Gasteiger partial charge in [0.1, 0.15) is 5.75 Å². The molecule has 0 aromatic heterocycles. The van der Waals surface area contributed by atoms with E-state index in [0.29, 0.717) is 0 Å². The normalized spacial score (nSPS) is 26.9. The maximum absolute atomic E-state index is 6.16. The summed E-state index contributed by atoms with van der Waals surface area (Å²) in [6.07, 6.45) is 4.59. The van der Waals surface area contributed by atoms with Gasteiger partial charge in [0.25, 0.3) is 0 Å². The lowest BCUT2D eigenvalue weighted by molar-refractivity contribution is -0.0895. The van der Waals surface area contributed by atoms with Crippen molar-refractivity contribution in [2.24, 2.45) is 0 Å². The van der Waals surface area contributed by atoms with E-state index in [0.717, 1.165) is 38.3 Å². The third-order valence-electron chi connectivity index (χ3n) is 4.57. The smallest absolute Gasteiger partial charge is 0.122 e. The van der Waals surface area contributed by atoms with Crippen molar-refractivity contribution in [1.82, 2.24) is 5.32 Å². The van der Waals surface area contributed by atoms with Crippen molar-refractivity contribution in [3.05, 3.63) is 29.3 Å². The average Bonchev–Trinajstić information content (AvgIpc) is 2.92. The number of rotatable bonds is 4. The van der Waals surface area contributed by atoms with Crippen molar-refractivity contribution in [3.8, 4) is 5.75 Å².